The average molecular weight is 233 g/mol. The van der Waals surface area contributed by atoms with Gasteiger partial charge in [0.1, 0.15) is 5.75 Å². The zero-order valence-corrected chi connectivity index (χ0v) is 10.9. The molecule has 0 amide bonds. The van der Waals surface area contributed by atoms with Crippen LogP contribution in [0.4, 0.5) is 0 Å². The molecule has 0 heterocycles. The highest BCUT2D eigenvalue weighted by Crippen LogP contribution is 2.21. The molecule has 0 aliphatic carbocycles. The highest BCUT2D eigenvalue weighted by molar-refractivity contribution is 5.41. The third-order valence-electron chi connectivity index (χ3n) is 2.85. The number of ether oxygens (including phenoxy) is 2. The van der Waals surface area contributed by atoms with Crippen LogP contribution < -0.4 is 4.74 Å². The highest BCUT2D eigenvalue weighted by atomic mass is 16.5. The lowest BCUT2D eigenvalue weighted by molar-refractivity contribution is 0.0226. The van der Waals surface area contributed by atoms with Crippen molar-refractivity contribution in [2.45, 2.75) is 33.5 Å². The lowest BCUT2D eigenvalue weighted by Gasteiger charge is -2.17. The first-order chi connectivity index (χ1) is 8.08. The molecule has 3 nitrogen and oxygen atoms in total. The predicted molar refractivity (Wildman–Crippen MR) is 66.8 cm³/mol. The van der Waals surface area contributed by atoms with Crippen molar-refractivity contribution in [3.63, 3.8) is 0 Å². The normalized spacial score (nSPS) is 12.2. The zero-order valence-electron chi connectivity index (χ0n) is 10.9. The van der Waals surface area contributed by atoms with Crippen LogP contribution in [0.15, 0.2) is 18.2 Å². The molecule has 1 aromatic rings. The number of nitrogens with zero attached hydrogens (tertiary/aromatic N) is 1. The lowest BCUT2D eigenvalue weighted by atomic mass is 10.1. The van der Waals surface area contributed by atoms with E-state index in [1.165, 1.54) is 0 Å². The summed E-state index contributed by atoms with van der Waals surface area (Å²) in [6.07, 6.45) is 0.186. The molecule has 1 rings (SSSR count). The Kier molecular flexibility index (Phi) is 4.99. The first kappa shape index (κ1) is 13.5. The van der Waals surface area contributed by atoms with E-state index in [-0.39, 0.29) is 6.10 Å². The van der Waals surface area contributed by atoms with E-state index in [4.69, 9.17) is 14.7 Å². The molecule has 0 radical (unpaired) electrons. The monoisotopic (exact) mass is 233 g/mol. The SMILES string of the molecule is COc1ccc(C#N)cc1COC(C)C(C)C. The van der Waals surface area contributed by atoms with Crippen LogP contribution in [-0.4, -0.2) is 13.2 Å². The van der Waals surface area contributed by atoms with Crippen LogP contribution in [0.3, 0.4) is 0 Å². The van der Waals surface area contributed by atoms with E-state index < -0.39 is 0 Å². The minimum atomic E-state index is 0.186. The van der Waals surface area contributed by atoms with Crippen molar-refractivity contribution in [2.24, 2.45) is 5.92 Å². The molecule has 1 unspecified atom stereocenters. The first-order valence-electron chi connectivity index (χ1n) is 5.77. The Morgan fingerprint density at radius 3 is 2.53 bits per heavy atom. The summed E-state index contributed by atoms with van der Waals surface area (Å²) in [5.74, 6) is 1.24. The number of rotatable bonds is 5. The Morgan fingerprint density at radius 1 is 1.29 bits per heavy atom. The van der Waals surface area contributed by atoms with E-state index in [1.54, 1.807) is 19.2 Å². The summed E-state index contributed by atoms with van der Waals surface area (Å²) in [6, 6.07) is 7.48. The van der Waals surface area contributed by atoms with Crippen molar-refractivity contribution in [1.29, 1.82) is 5.26 Å². The predicted octanol–water partition coefficient (Wildman–Crippen LogP) is 3.13. The summed E-state index contributed by atoms with van der Waals surface area (Å²) in [7, 11) is 1.62. The molecule has 1 atom stereocenters. The second-order valence-electron chi connectivity index (χ2n) is 4.40. The summed E-state index contributed by atoms with van der Waals surface area (Å²) in [6.45, 7) is 6.75. The third-order valence-corrected chi connectivity index (χ3v) is 2.85. The average Bonchev–Trinajstić information content (AvgIpc) is 2.35. The molecule has 0 spiro atoms. The number of nitriles is 1. The molecule has 0 aromatic heterocycles. The first-order valence-corrected chi connectivity index (χ1v) is 5.77. The standard InChI is InChI=1S/C14H19NO2/c1-10(2)11(3)17-9-13-7-12(8-15)5-6-14(13)16-4/h5-7,10-11H,9H2,1-4H3. The second kappa shape index (κ2) is 6.27. The van der Waals surface area contributed by atoms with Crippen LogP contribution in [0.5, 0.6) is 5.75 Å². The maximum atomic E-state index is 8.86. The van der Waals surface area contributed by atoms with Gasteiger partial charge in [0.25, 0.3) is 0 Å². The second-order valence-corrected chi connectivity index (χ2v) is 4.40. The van der Waals surface area contributed by atoms with E-state index in [9.17, 15) is 0 Å². The number of methoxy groups -OCH3 is 1. The fraction of sp³-hybridized carbons (Fsp3) is 0.500. The summed E-state index contributed by atoms with van der Waals surface area (Å²) < 4.78 is 11.0. The van der Waals surface area contributed by atoms with Crippen LogP contribution in [0, 0.1) is 17.2 Å². The fourth-order valence-electron chi connectivity index (χ4n) is 1.37. The van der Waals surface area contributed by atoms with Gasteiger partial charge in [-0.25, -0.2) is 0 Å². The topological polar surface area (TPSA) is 42.2 Å². The van der Waals surface area contributed by atoms with Gasteiger partial charge in [-0.3, -0.25) is 0 Å². The van der Waals surface area contributed by atoms with Gasteiger partial charge in [0.05, 0.1) is 31.5 Å². The van der Waals surface area contributed by atoms with Gasteiger partial charge in [0, 0.05) is 5.56 Å². The number of hydrogen-bond donors (Lipinski definition) is 0. The van der Waals surface area contributed by atoms with Gasteiger partial charge in [-0.2, -0.15) is 5.26 Å². The quantitative estimate of drug-likeness (QED) is 0.784. The summed E-state index contributed by atoms with van der Waals surface area (Å²) in [5, 5.41) is 8.86. The molecular formula is C14H19NO2. The van der Waals surface area contributed by atoms with Crippen LogP contribution in [0.25, 0.3) is 0 Å². The van der Waals surface area contributed by atoms with Gasteiger partial charge in [-0.15, -0.1) is 0 Å². The Balaban J connectivity index is 2.78. The van der Waals surface area contributed by atoms with Crippen LogP contribution in [0.1, 0.15) is 31.9 Å². The molecule has 0 fully saturated rings. The Bertz CT molecular complexity index is 407. The largest absolute Gasteiger partial charge is 0.496 e. The van der Waals surface area contributed by atoms with Gasteiger partial charge in [0.15, 0.2) is 0 Å². The maximum Gasteiger partial charge on any atom is 0.124 e. The smallest absolute Gasteiger partial charge is 0.124 e. The van der Waals surface area contributed by atoms with E-state index in [0.717, 1.165) is 11.3 Å². The van der Waals surface area contributed by atoms with Crippen LogP contribution in [-0.2, 0) is 11.3 Å². The summed E-state index contributed by atoms with van der Waals surface area (Å²) in [5.41, 5.74) is 1.54. The van der Waals surface area contributed by atoms with Crippen LogP contribution in [0.2, 0.25) is 0 Å². The zero-order chi connectivity index (χ0) is 12.8. The van der Waals surface area contributed by atoms with Gasteiger partial charge in [-0.05, 0) is 31.0 Å². The third kappa shape index (κ3) is 3.76. The van der Waals surface area contributed by atoms with Crippen molar-refractivity contribution in [2.75, 3.05) is 7.11 Å². The lowest BCUT2D eigenvalue weighted by Crippen LogP contribution is -2.15. The molecule has 0 N–H and O–H groups in total. The van der Waals surface area contributed by atoms with Gasteiger partial charge < -0.3 is 9.47 Å². The van der Waals surface area contributed by atoms with Crippen molar-refractivity contribution in [3.05, 3.63) is 29.3 Å². The molecule has 92 valence electrons. The molecule has 3 heteroatoms. The fourth-order valence-corrected chi connectivity index (χ4v) is 1.37. The Hall–Kier alpha value is -1.53. The van der Waals surface area contributed by atoms with Gasteiger partial charge in [0.2, 0.25) is 0 Å². The van der Waals surface area contributed by atoms with E-state index in [1.807, 2.05) is 13.0 Å². The molecule has 0 bridgehead atoms. The van der Waals surface area contributed by atoms with Crippen LogP contribution >= 0.6 is 0 Å². The number of hydrogen-bond acceptors (Lipinski definition) is 3. The molecule has 1 aromatic carbocycles. The molecule has 0 aliphatic heterocycles. The minimum absolute atomic E-state index is 0.186. The number of benzene rings is 1. The molecule has 0 aliphatic rings. The summed E-state index contributed by atoms with van der Waals surface area (Å²) in [4.78, 5) is 0. The molecule has 0 saturated carbocycles. The summed E-state index contributed by atoms with van der Waals surface area (Å²) >= 11 is 0. The molecule has 0 saturated heterocycles. The maximum absolute atomic E-state index is 8.86. The molecule has 17 heavy (non-hydrogen) atoms. The van der Waals surface area contributed by atoms with Gasteiger partial charge in [-0.1, -0.05) is 13.8 Å². The van der Waals surface area contributed by atoms with Crippen molar-refractivity contribution in [3.8, 4) is 11.8 Å². The van der Waals surface area contributed by atoms with Crippen molar-refractivity contribution < 1.29 is 9.47 Å². The Labute approximate surface area is 103 Å². The van der Waals surface area contributed by atoms with Crippen molar-refractivity contribution in [1.82, 2.24) is 0 Å². The minimum Gasteiger partial charge on any atom is -0.496 e. The Morgan fingerprint density at radius 2 is 2.00 bits per heavy atom. The van der Waals surface area contributed by atoms with E-state index >= 15 is 0 Å². The highest BCUT2D eigenvalue weighted by Gasteiger charge is 2.10. The van der Waals surface area contributed by atoms with Crippen molar-refractivity contribution >= 4 is 0 Å². The van der Waals surface area contributed by atoms with E-state index in [0.29, 0.717) is 18.1 Å². The molecular weight excluding hydrogens is 214 g/mol. The van der Waals surface area contributed by atoms with Gasteiger partial charge >= 0.3 is 0 Å². The van der Waals surface area contributed by atoms with E-state index in [2.05, 4.69) is 19.9 Å².